The molecule has 2 aromatic carbocycles. The van der Waals surface area contributed by atoms with Crippen LogP contribution >= 0.6 is 23.5 Å². The summed E-state index contributed by atoms with van der Waals surface area (Å²) in [7, 11) is 3.66. The van der Waals surface area contributed by atoms with Crippen molar-refractivity contribution in [2.24, 2.45) is 14.1 Å². The molecule has 2 N–H and O–H groups in total. The Morgan fingerprint density at radius 3 is 1.66 bits per heavy atom. The normalized spacial score (nSPS) is 10.9. The van der Waals surface area contributed by atoms with E-state index in [1.165, 1.54) is 23.5 Å². The molecule has 0 aliphatic heterocycles. The van der Waals surface area contributed by atoms with Gasteiger partial charge in [0.1, 0.15) is 12.7 Å². The second-order valence-electron chi connectivity index (χ2n) is 6.90. The van der Waals surface area contributed by atoms with Crippen LogP contribution in [0.4, 0.5) is 11.4 Å². The van der Waals surface area contributed by atoms with E-state index in [0.717, 1.165) is 10.8 Å². The maximum atomic E-state index is 12.3. The highest BCUT2D eigenvalue weighted by Crippen LogP contribution is 2.24. The second-order valence-corrected chi connectivity index (χ2v) is 8.78. The van der Waals surface area contributed by atoms with Crippen molar-refractivity contribution < 1.29 is 9.59 Å². The van der Waals surface area contributed by atoms with Gasteiger partial charge in [-0.05, 0) is 35.0 Å². The Kier molecular flexibility index (Phi) is 6.71. The maximum absolute atomic E-state index is 12.3. The average Bonchev–Trinajstić information content (AvgIpc) is 3.38. The number of benzene rings is 2. The molecule has 0 fully saturated rings. The van der Waals surface area contributed by atoms with Gasteiger partial charge in [0.05, 0.1) is 11.5 Å². The highest BCUT2D eigenvalue weighted by atomic mass is 32.2. The van der Waals surface area contributed by atoms with Crippen LogP contribution in [0, 0.1) is 0 Å². The summed E-state index contributed by atoms with van der Waals surface area (Å²) < 4.78 is 3.52. The van der Waals surface area contributed by atoms with Crippen molar-refractivity contribution in [1.29, 1.82) is 0 Å². The van der Waals surface area contributed by atoms with E-state index in [0.29, 0.717) is 21.7 Å². The highest BCUT2D eigenvalue weighted by molar-refractivity contribution is 8.00. The monoisotopic (exact) mass is 468 g/mol. The predicted octanol–water partition coefficient (Wildman–Crippen LogP) is 2.56. The molecule has 4 rings (SSSR count). The van der Waals surface area contributed by atoms with Crippen LogP contribution in [0.15, 0.2) is 59.4 Å². The van der Waals surface area contributed by atoms with Gasteiger partial charge in [0.25, 0.3) is 0 Å². The number of fused-ring (bicyclic) bond motifs is 1. The van der Waals surface area contributed by atoms with Gasteiger partial charge in [-0.1, -0.05) is 35.7 Å². The molecule has 0 bridgehead atoms. The molecule has 0 radical (unpaired) electrons. The van der Waals surface area contributed by atoms with E-state index in [1.807, 2.05) is 50.5 Å². The summed E-state index contributed by atoms with van der Waals surface area (Å²) in [5.74, 6) is 0.179. The van der Waals surface area contributed by atoms with Gasteiger partial charge in [-0.15, -0.1) is 20.4 Å². The van der Waals surface area contributed by atoms with Crippen LogP contribution in [0.1, 0.15) is 0 Å². The van der Waals surface area contributed by atoms with E-state index in [2.05, 4.69) is 31.0 Å². The molecule has 0 aliphatic rings. The Hall–Kier alpha value is -3.38. The van der Waals surface area contributed by atoms with Gasteiger partial charge in [-0.25, -0.2) is 0 Å². The van der Waals surface area contributed by atoms with Crippen LogP contribution in [0.25, 0.3) is 10.8 Å². The number of carbonyl (C=O) groups excluding carboxylic acids is 2. The average molecular weight is 469 g/mol. The molecule has 2 amide bonds. The Morgan fingerprint density at radius 2 is 1.25 bits per heavy atom. The third-order valence-electron chi connectivity index (χ3n) is 4.41. The topological polar surface area (TPSA) is 120 Å². The van der Waals surface area contributed by atoms with Crippen LogP contribution in [0.2, 0.25) is 0 Å². The lowest BCUT2D eigenvalue weighted by atomic mass is 10.1. The quantitative estimate of drug-likeness (QED) is 0.379. The zero-order valence-electron chi connectivity index (χ0n) is 17.3. The fourth-order valence-electron chi connectivity index (χ4n) is 2.86. The summed E-state index contributed by atoms with van der Waals surface area (Å²) in [6, 6.07) is 11.3. The van der Waals surface area contributed by atoms with Crippen molar-refractivity contribution in [3.8, 4) is 0 Å². The minimum Gasteiger partial charge on any atom is -0.325 e. The lowest BCUT2D eigenvalue weighted by molar-refractivity contribution is -0.114. The van der Waals surface area contributed by atoms with Gasteiger partial charge in [0, 0.05) is 25.5 Å². The third-order valence-corrected chi connectivity index (χ3v) is 6.48. The van der Waals surface area contributed by atoms with Crippen molar-refractivity contribution >= 4 is 57.5 Å². The molecule has 0 unspecified atom stereocenters. The van der Waals surface area contributed by atoms with Crippen molar-refractivity contribution in [3.63, 3.8) is 0 Å². The third kappa shape index (κ3) is 5.45. The summed E-state index contributed by atoms with van der Waals surface area (Å²) in [4.78, 5) is 24.6. The molecule has 0 aliphatic carbocycles. The summed E-state index contributed by atoms with van der Waals surface area (Å²) in [6.45, 7) is 0. The van der Waals surface area contributed by atoms with Gasteiger partial charge in [0.2, 0.25) is 11.8 Å². The first-order chi connectivity index (χ1) is 15.5. The Bertz CT molecular complexity index is 1180. The van der Waals surface area contributed by atoms with Crippen molar-refractivity contribution in [3.05, 3.63) is 49.1 Å². The van der Waals surface area contributed by atoms with Crippen molar-refractivity contribution in [2.45, 2.75) is 10.3 Å². The molecule has 2 aromatic heterocycles. The van der Waals surface area contributed by atoms with Crippen LogP contribution in [0.5, 0.6) is 0 Å². The smallest absolute Gasteiger partial charge is 0.234 e. The Morgan fingerprint density at radius 1 is 0.781 bits per heavy atom. The number of amides is 2. The molecule has 12 heteroatoms. The van der Waals surface area contributed by atoms with Gasteiger partial charge in [-0.2, -0.15) is 0 Å². The fraction of sp³-hybridized carbons (Fsp3) is 0.200. The zero-order valence-corrected chi connectivity index (χ0v) is 19.0. The molecule has 0 saturated carbocycles. The maximum Gasteiger partial charge on any atom is 0.234 e. The molecule has 0 atom stereocenters. The molecular weight excluding hydrogens is 448 g/mol. The van der Waals surface area contributed by atoms with E-state index < -0.39 is 0 Å². The first-order valence-electron chi connectivity index (χ1n) is 9.55. The van der Waals surface area contributed by atoms with Crippen molar-refractivity contribution in [2.75, 3.05) is 22.1 Å². The van der Waals surface area contributed by atoms with E-state index in [4.69, 9.17) is 0 Å². The van der Waals surface area contributed by atoms with Gasteiger partial charge in [0.15, 0.2) is 10.3 Å². The van der Waals surface area contributed by atoms with E-state index in [1.54, 1.807) is 21.8 Å². The molecule has 0 saturated heterocycles. The second kappa shape index (κ2) is 9.83. The number of nitrogens with zero attached hydrogens (tertiary/aromatic N) is 6. The molecule has 4 aromatic rings. The van der Waals surface area contributed by atoms with Crippen molar-refractivity contribution in [1.82, 2.24) is 29.5 Å². The van der Waals surface area contributed by atoms with Crippen LogP contribution in [0.3, 0.4) is 0 Å². The molecule has 164 valence electrons. The number of aryl methyl sites for hydroxylation is 2. The van der Waals surface area contributed by atoms with E-state index in [9.17, 15) is 9.59 Å². The standard InChI is InChI=1S/C20H20N8O2S2/c1-27-11-21-25-19(27)31-9-17(29)23-15-5-3-13-4-6-16(8-14(13)7-15)24-18(30)10-32-20-26-22-12-28(20)2/h3-8,11-12H,9-10H2,1-2H3,(H,23,29)(H,24,30). The molecule has 32 heavy (non-hydrogen) atoms. The summed E-state index contributed by atoms with van der Waals surface area (Å²) in [6.07, 6.45) is 3.18. The lowest BCUT2D eigenvalue weighted by Crippen LogP contribution is -2.15. The fourth-order valence-corrected chi connectivity index (χ4v) is 4.24. The first kappa shape index (κ1) is 21.8. The van der Waals surface area contributed by atoms with Crippen LogP contribution in [-0.4, -0.2) is 52.8 Å². The van der Waals surface area contributed by atoms with Gasteiger partial charge in [-0.3, -0.25) is 9.59 Å². The number of hydrogen-bond donors (Lipinski definition) is 2. The highest BCUT2D eigenvalue weighted by Gasteiger charge is 2.10. The Labute approximate surface area is 192 Å². The minimum atomic E-state index is -0.136. The SMILES string of the molecule is Cn1cnnc1SCC(=O)Nc1ccc2ccc(NC(=O)CSc3nncn3C)cc2c1. The van der Waals surface area contributed by atoms with Crippen LogP contribution < -0.4 is 10.6 Å². The van der Waals surface area contributed by atoms with E-state index in [-0.39, 0.29) is 23.3 Å². The van der Waals surface area contributed by atoms with Gasteiger partial charge < -0.3 is 19.8 Å². The molecule has 2 heterocycles. The number of hydrogen-bond acceptors (Lipinski definition) is 8. The Balaban J connectivity index is 1.36. The number of carbonyl (C=O) groups is 2. The van der Waals surface area contributed by atoms with Crippen LogP contribution in [-0.2, 0) is 23.7 Å². The van der Waals surface area contributed by atoms with Gasteiger partial charge >= 0.3 is 0 Å². The first-order valence-corrected chi connectivity index (χ1v) is 11.5. The predicted molar refractivity (Wildman–Crippen MR) is 125 cm³/mol. The number of nitrogens with one attached hydrogen (secondary N) is 2. The largest absolute Gasteiger partial charge is 0.325 e. The summed E-state index contributed by atoms with van der Waals surface area (Å²) >= 11 is 2.63. The minimum absolute atomic E-state index is 0.136. The number of anilines is 2. The molecular formula is C20H20N8O2S2. The number of aromatic nitrogens is 6. The molecule has 10 nitrogen and oxygen atoms in total. The number of thioether (sulfide) groups is 2. The molecule has 0 spiro atoms. The zero-order chi connectivity index (χ0) is 22.5. The lowest BCUT2D eigenvalue weighted by Gasteiger charge is -2.09. The summed E-state index contributed by atoms with van der Waals surface area (Å²) in [5, 5.41) is 24.6. The summed E-state index contributed by atoms with van der Waals surface area (Å²) in [5.41, 5.74) is 1.37. The number of rotatable bonds is 8. The van der Waals surface area contributed by atoms with E-state index >= 15 is 0 Å².